The summed E-state index contributed by atoms with van der Waals surface area (Å²) in [6.07, 6.45) is 0.471. The van der Waals surface area contributed by atoms with Crippen LogP contribution in [-0.4, -0.2) is 92.7 Å². The van der Waals surface area contributed by atoms with Crippen LogP contribution in [0.1, 0.15) is 29.3 Å². The van der Waals surface area contributed by atoms with Crippen molar-refractivity contribution in [1.82, 2.24) is 9.55 Å². The van der Waals surface area contributed by atoms with Gasteiger partial charge in [-0.2, -0.15) is 5.26 Å². The third kappa shape index (κ3) is 10.3. The number of aromatic nitrogens is 2. The summed E-state index contributed by atoms with van der Waals surface area (Å²) in [4.78, 5) is 27.6. The molecule has 0 amide bonds. The van der Waals surface area contributed by atoms with Gasteiger partial charge in [0.25, 0.3) is 5.56 Å². The van der Waals surface area contributed by atoms with Crippen molar-refractivity contribution in [1.29, 1.82) is 5.26 Å². The van der Waals surface area contributed by atoms with Crippen LogP contribution in [-0.2, 0) is 42.7 Å². The molecule has 2 fully saturated rings. The number of hydrogen-bond donors (Lipinski definition) is 1. The number of benzene rings is 3. The number of nitrogens with zero attached hydrogens (tertiary/aromatic N) is 2. The van der Waals surface area contributed by atoms with Gasteiger partial charge in [-0.05, 0) is 41.0 Å². The topological polar surface area (TPSA) is 179 Å². The van der Waals surface area contributed by atoms with Crippen molar-refractivity contribution in [3.63, 3.8) is 0 Å². The Morgan fingerprint density at radius 3 is 2.08 bits per heavy atom. The molecule has 1 unspecified atom stereocenters. The number of phosphoric acid groups is 1. The third-order valence-corrected chi connectivity index (χ3v) is 13.6. The smallest absolute Gasteiger partial charge is 0.475 e. The summed E-state index contributed by atoms with van der Waals surface area (Å²) in [7, 11) is 2.96. The summed E-state index contributed by atoms with van der Waals surface area (Å²) in [5, 5.41) is 9.35. The van der Waals surface area contributed by atoms with Gasteiger partial charge in [0.05, 0.1) is 46.0 Å². The zero-order chi connectivity index (χ0) is 41.8. The maximum absolute atomic E-state index is 14.9. The SMILES string of the molecule is C#CCO[C@@H]1CSSC[C@H]1OP(=O)(OCCC#N)O[C@H]1[C@@H](OC)[C@H](n2ccc(=O)[nH]c2=O)O[C@@H]1COC(c1ccccc1)(c1ccc(OC)cc1)c1ccc(OC)cc1. The lowest BCUT2D eigenvalue weighted by molar-refractivity contribution is -0.0977. The number of terminal acetylenes is 1. The normalized spacial score (nSPS) is 22.8. The minimum atomic E-state index is -4.61. The Kier molecular flexibility index (Phi) is 15.5. The fraction of sp³-hybridized carbons (Fsp3) is 0.390. The first kappa shape index (κ1) is 44.2. The Labute approximate surface area is 349 Å². The van der Waals surface area contributed by atoms with Crippen molar-refractivity contribution >= 4 is 29.4 Å². The van der Waals surface area contributed by atoms with Gasteiger partial charge in [0.2, 0.25) is 0 Å². The van der Waals surface area contributed by atoms with Crippen molar-refractivity contribution in [2.45, 2.75) is 48.8 Å². The molecule has 0 saturated carbocycles. The van der Waals surface area contributed by atoms with E-state index >= 15 is 0 Å². The quantitative estimate of drug-likeness (QED) is 0.0399. The van der Waals surface area contributed by atoms with Gasteiger partial charge in [0, 0.05) is 30.9 Å². The van der Waals surface area contributed by atoms with Gasteiger partial charge in [-0.3, -0.25) is 27.9 Å². The summed E-state index contributed by atoms with van der Waals surface area (Å²) in [6, 6.07) is 27.6. The number of nitrogens with one attached hydrogen (secondary N) is 1. The summed E-state index contributed by atoms with van der Waals surface area (Å²) < 4.78 is 71.0. The molecular weight excluding hydrogens is 822 g/mol. The van der Waals surface area contributed by atoms with Crippen molar-refractivity contribution in [2.75, 3.05) is 52.7 Å². The van der Waals surface area contributed by atoms with Gasteiger partial charge in [0.15, 0.2) is 6.23 Å². The zero-order valence-electron chi connectivity index (χ0n) is 32.5. The van der Waals surface area contributed by atoms with Crippen molar-refractivity contribution in [2.24, 2.45) is 0 Å². The van der Waals surface area contributed by atoms with Crippen LogP contribution >= 0.6 is 29.4 Å². The highest BCUT2D eigenvalue weighted by Gasteiger charge is 2.53. The predicted octanol–water partition coefficient (Wildman–Crippen LogP) is 5.70. The number of nitriles is 1. The average molecular weight is 866 g/mol. The van der Waals surface area contributed by atoms with E-state index in [2.05, 4.69) is 10.9 Å². The van der Waals surface area contributed by atoms with Gasteiger partial charge in [-0.15, -0.1) is 6.42 Å². The molecule has 59 heavy (non-hydrogen) atoms. The molecule has 4 aromatic rings. The van der Waals surface area contributed by atoms with Crippen molar-refractivity contribution in [3.05, 3.63) is 129 Å². The molecular formula is C41H44N3O12PS2. The second-order valence-corrected chi connectivity index (χ2v) is 17.2. The van der Waals surface area contributed by atoms with Crippen LogP contribution in [0.5, 0.6) is 11.5 Å². The molecule has 3 aromatic carbocycles. The van der Waals surface area contributed by atoms with E-state index in [9.17, 15) is 19.4 Å². The molecule has 3 heterocycles. The molecule has 2 aliphatic heterocycles. The van der Waals surface area contributed by atoms with Crippen LogP contribution in [0.25, 0.3) is 0 Å². The van der Waals surface area contributed by atoms with Crippen molar-refractivity contribution in [3.8, 4) is 29.9 Å². The van der Waals surface area contributed by atoms with Crippen LogP contribution in [0.15, 0.2) is 101 Å². The Morgan fingerprint density at radius 1 is 0.881 bits per heavy atom. The molecule has 15 nitrogen and oxygen atoms in total. The van der Waals surface area contributed by atoms with Gasteiger partial charge in [-0.1, -0.05) is 82.1 Å². The third-order valence-electron chi connectivity index (χ3n) is 9.64. The van der Waals surface area contributed by atoms with E-state index in [0.29, 0.717) is 23.0 Å². The summed E-state index contributed by atoms with van der Waals surface area (Å²) in [6.45, 7) is -0.549. The number of methoxy groups -OCH3 is 3. The molecule has 1 aromatic heterocycles. The van der Waals surface area contributed by atoms with E-state index < -0.39 is 61.4 Å². The van der Waals surface area contributed by atoms with E-state index in [0.717, 1.165) is 21.3 Å². The highest BCUT2D eigenvalue weighted by atomic mass is 33.1. The van der Waals surface area contributed by atoms with Gasteiger partial charge in [0.1, 0.15) is 48.1 Å². The first-order chi connectivity index (χ1) is 28.7. The minimum Gasteiger partial charge on any atom is -0.497 e. The Hall–Kier alpha value is -4.36. The van der Waals surface area contributed by atoms with Gasteiger partial charge < -0.3 is 28.4 Å². The standard InChI is InChI=1S/C41H44N3O12PS2/c1-5-23-51-34-26-58-59-27-35(34)55-57(47,53-24-9-21-42)56-37-33(54-39(38(37)50-4)44-22-20-36(45)43-40(44)46)25-52-41(28-10-7-6-8-11-28,29-12-16-31(48-2)17-13-29)30-14-18-32(49-3)19-15-30/h1,6-8,10-20,22,33-35,37-39H,9,23-27H2,2-4H3,(H,43,45,46)/t33-,34-,35-,37-,38-,39-,57?/m1/s1. The van der Waals surface area contributed by atoms with Gasteiger partial charge in [-0.25, -0.2) is 9.36 Å². The number of H-pyrrole nitrogens is 1. The first-order valence-corrected chi connectivity index (χ1v) is 22.4. The zero-order valence-corrected chi connectivity index (χ0v) is 35.0. The fourth-order valence-electron chi connectivity index (χ4n) is 6.81. The number of ether oxygens (including phenoxy) is 6. The van der Waals surface area contributed by atoms with E-state index in [4.69, 9.17) is 48.4 Å². The van der Waals surface area contributed by atoms with Crippen LogP contribution in [0, 0.1) is 23.7 Å². The lowest BCUT2D eigenvalue weighted by atomic mass is 9.80. The maximum Gasteiger partial charge on any atom is 0.475 e. The highest BCUT2D eigenvalue weighted by Crippen LogP contribution is 2.56. The van der Waals surface area contributed by atoms with E-state index in [1.165, 1.54) is 30.2 Å². The second-order valence-electron chi connectivity index (χ2n) is 13.1. The number of rotatable bonds is 19. The molecule has 1 N–H and O–H groups in total. The van der Waals surface area contributed by atoms with Crippen LogP contribution in [0.3, 0.4) is 0 Å². The van der Waals surface area contributed by atoms with E-state index in [1.54, 1.807) is 25.0 Å². The lowest BCUT2D eigenvalue weighted by Crippen LogP contribution is -2.42. The van der Waals surface area contributed by atoms with E-state index in [1.807, 2.05) is 84.9 Å². The van der Waals surface area contributed by atoms with Crippen molar-refractivity contribution < 1.29 is 46.6 Å². The monoisotopic (exact) mass is 865 g/mol. The summed E-state index contributed by atoms with van der Waals surface area (Å²) in [5.41, 5.74) is -0.517. The summed E-state index contributed by atoms with van der Waals surface area (Å²) in [5.74, 6) is 4.54. The van der Waals surface area contributed by atoms with Crippen LogP contribution < -0.4 is 20.7 Å². The van der Waals surface area contributed by atoms with Crippen LogP contribution in [0.4, 0.5) is 0 Å². The number of hydrogen-bond acceptors (Lipinski definition) is 15. The predicted molar refractivity (Wildman–Crippen MR) is 221 cm³/mol. The second kappa shape index (κ2) is 20.7. The van der Waals surface area contributed by atoms with Crippen LogP contribution in [0.2, 0.25) is 0 Å². The molecule has 312 valence electrons. The molecule has 0 aliphatic carbocycles. The molecule has 7 atom stereocenters. The average Bonchev–Trinajstić information content (AvgIpc) is 3.60. The Morgan fingerprint density at radius 2 is 1.51 bits per heavy atom. The largest absolute Gasteiger partial charge is 0.497 e. The Balaban J connectivity index is 1.45. The molecule has 6 rings (SSSR count). The summed E-state index contributed by atoms with van der Waals surface area (Å²) >= 11 is 0. The Bertz CT molecular complexity index is 2180. The van der Waals surface area contributed by atoms with Gasteiger partial charge >= 0.3 is 13.5 Å². The highest BCUT2D eigenvalue weighted by molar-refractivity contribution is 8.76. The number of phosphoric ester groups is 1. The molecule has 18 heteroatoms. The minimum absolute atomic E-state index is 0.00101. The first-order valence-electron chi connectivity index (χ1n) is 18.4. The molecule has 2 aliphatic rings. The maximum atomic E-state index is 14.9. The molecule has 0 spiro atoms. The molecule has 0 radical (unpaired) electrons. The van der Waals surface area contributed by atoms with E-state index in [-0.39, 0.29) is 26.2 Å². The number of aromatic amines is 1. The fourth-order valence-corrected chi connectivity index (χ4v) is 10.9. The molecule has 0 bridgehead atoms. The molecule has 2 saturated heterocycles. The lowest BCUT2D eigenvalue weighted by Gasteiger charge is -2.37.